The number of benzene rings is 1. The van der Waals surface area contributed by atoms with Crippen LogP contribution in [-0.4, -0.2) is 46.4 Å². The van der Waals surface area contributed by atoms with Gasteiger partial charge < -0.3 is 15.4 Å². The van der Waals surface area contributed by atoms with E-state index < -0.39 is 10.0 Å². The Labute approximate surface area is 167 Å². The molecule has 2 rings (SSSR count). The number of para-hydroxylation sites is 1. The average Bonchev–Trinajstić information content (AvgIpc) is 3.03. The van der Waals surface area contributed by atoms with E-state index in [1.807, 2.05) is 19.1 Å². The van der Waals surface area contributed by atoms with E-state index in [1.165, 1.54) is 0 Å². The number of anilines is 1. The summed E-state index contributed by atoms with van der Waals surface area (Å²) in [6.07, 6.45) is 3.53. The Hall–Kier alpha value is -1.07. The third-order valence-corrected chi connectivity index (χ3v) is 4.18. The number of rotatable bonds is 7. The molecule has 0 amide bonds. The fourth-order valence-electron chi connectivity index (χ4n) is 2.48. The van der Waals surface area contributed by atoms with Crippen LogP contribution in [0.4, 0.5) is 5.69 Å². The maximum Gasteiger partial charge on any atom is 0.229 e. The average molecular weight is 482 g/mol. The lowest BCUT2D eigenvalue weighted by atomic mass is 10.2. The predicted molar refractivity (Wildman–Crippen MR) is 112 cm³/mol. The first-order valence-corrected chi connectivity index (χ1v) is 10.1. The third-order valence-electron chi connectivity index (χ3n) is 3.59. The van der Waals surface area contributed by atoms with Crippen LogP contribution in [0.15, 0.2) is 29.3 Å². The molecule has 3 N–H and O–H groups in total. The van der Waals surface area contributed by atoms with Crippen molar-refractivity contribution in [1.29, 1.82) is 0 Å². The molecule has 25 heavy (non-hydrogen) atoms. The minimum Gasteiger partial charge on any atom is -0.376 e. The predicted octanol–water partition coefficient (Wildman–Crippen LogP) is 1.91. The minimum absolute atomic E-state index is 0. The maximum absolute atomic E-state index is 11.5. The van der Waals surface area contributed by atoms with E-state index in [1.54, 1.807) is 12.1 Å². The normalized spacial score (nSPS) is 17.7. The topological polar surface area (TPSA) is 91.8 Å². The van der Waals surface area contributed by atoms with Gasteiger partial charge in [0.1, 0.15) is 0 Å². The number of nitrogens with one attached hydrogen (secondary N) is 3. The van der Waals surface area contributed by atoms with Crippen molar-refractivity contribution in [1.82, 2.24) is 10.6 Å². The molecule has 1 saturated heterocycles. The maximum atomic E-state index is 11.5. The largest absolute Gasteiger partial charge is 0.376 e. The number of ether oxygens (including phenoxy) is 1. The molecule has 0 radical (unpaired) electrons. The second kappa shape index (κ2) is 10.8. The van der Waals surface area contributed by atoms with Gasteiger partial charge >= 0.3 is 0 Å². The second-order valence-corrected chi connectivity index (χ2v) is 7.49. The molecule has 1 aromatic carbocycles. The Morgan fingerprint density at radius 1 is 1.32 bits per heavy atom. The van der Waals surface area contributed by atoms with Crippen molar-refractivity contribution >= 4 is 45.6 Å². The highest BCUT2D eigenvalue weighted by Gasteiger charge is 2.15. The number of halogens is 1. The van der Waals surface area contributed by atoms with E-state index in [-0.39, 0.29) is 30.1 Å². The SMILES string of the molecule is CCNC(=NCc1ccccc1NS(C)(=O)=O)NCC1CCCO1.I. The Balaban J connectivity index is 0.00000312. The van der Waals surface area contributed by atoms with Crippen molar-refractivity contribution in [3.63, 3.8) is 0 Å². The van der Waals surface area contributed by atoms with Crippen LogP contribution in [0.3, 0.4) is 0 Å². The summed E-state index contributed by atoms with van der Waals surface area (Å²) in [5.41, 5.74) is 1.37. The van der Waals surface area contributed by atoms with Crippen LogP contribution in [0, 0.1) is 0 Å². The monoisotopic (exact) mass is 482 g/mol. The van der Waals surface area contributed by atoms with Gasteiger partial charge in [0.15, 0.2) is 5.96 Å². The number of hydrogen-bond donors (Lipinski definition) is 3. The van der Waals surface area contributed by atoms with Crippen molar-refractivity contribution in [2.24, 2.45) is 4.99 Å². The summed E-state index contributed by atoms with van der Waals surface area (Å²) in [6.45, 7) is 4.67. The van der Waals surface area contributed by atoms with Gasteiger partial charge in [0, 0.05) is 19.7 Å². The van der Waals surface area contributed by atoms with Crippen molar-refractivity contribution in [3.05, 3.63) is 29.8 Å². The van der Waals surface area contributed by atoms with Crippen LogP contribution in [-0.2, 0) is 21.3 Å². The molecule has 0 aromatic heterocycles. The Morgan fingerprint density at radius 2 is 2.08 bits per heavy atom. The van der Waals surface area contributed by atoms with Crippen molar-refractivity contribution in [3.8, 4) is 0 Å². The first-order chi connectivity index (χ1) is 11.5. The van der Waals surface area contributed by atoms with Gasteiger partial charge in [0.05, 0.1) is 24.6 Å². The Bertz CT molecular complexity index is 661. The van der Waals surface area contributed by atoms with E-state index in [2.05, 4.69) is 20.3 Å². The zero-order valence-electron chi connectivity index (χ0n) is 14.6. The van der Waals surface area contributed by atoms with Crippen LogP contribution in [0.5, 0.6) is 0 Å². The zero-order valence-corrected chi connectivity index (χ0v) is 17.8. The third kappa shape index (κ3) is 8.23. The Kier molecular flexibility index (Phi) is 9.51. The highest BCUT2D eigenvalue weighted by molar-refractivity contribution is 14.0. The molecular weight excluding hydrogens is 455 g/mol. The standard InChI is InChI=1S/C16H26N4O3S.HI/c1-3-17-16(19-12-14-8-6-10-23-14)18-11-13-7-4-5-9-15(13)20-24(2,21)22;/h4-5,7,9,14,20H,3,6,8,10-12H2,1-2H3,(H2,17,18,19);1H. The molecule has 1 unspecified atom stereocenters. The van der Waals surface area contributed by atoms with E-state index in [9.17, 15) is 8.42 Å². The fraction of sp³-hybridized carbons (Fsp3) is 0.562. The molecule has 0 bridgehead atoms. The quantitative estimate of drug-likeness (QED) is 0.314. The number of aliphatic imine (C=N–C) groups is 1. The molecular formula is C16H27IN4O3S. The molecule has 9 heteroatoms. The summed E-state index contributed by atoms with van der Waals surface area (Å²) in [6, 6.07) is 7.26. The summed E-state index contributed by atoms with van der Waals surface area (Å²) in [4.78, 5) is 4.54. The molecule has 1 aliphatic heterocycles. The molecule has 1 aliphatic rings. The van der Waals surface area contributed by atoms with Crippen LogP contribution in [0.1, 0.15) is 25.3 Å². The number of sulfonamides is 1. The summed E-state index contributed by atoms with van der Waals surface area (Å²) < 4.78 is 31.0. The van der Waals surface area contributed by atoms with Crippen LogP contribution in [0.25, 0.3) is 0 Å². The lowest BCUT2D eigenvalue weighted by Gasteiger charge is -2.15. The number of nitrogens with zero attached hydrogens (tertiary/aromatic N) is 1. The van der Waals surface area contributed by atoms with Gasteiger partial charge in [-0.15, -0.1) is 24.0 Å². The van der Waals surface area contributed by atoms with Gasteiger partial charge in [-0.25, -0.2) is 13.4 Å². The Morgan fingerprint density at radius 3 is 2.72 bits per heavy atom. The van der Waals surface area contributed by atoms with Crippen LogP contribution < -0.4 is 15.4 Å². The van der Waals surface area contributed by atoms with Crippen molar-refractivity contribution in [2.45, 2.75) is 32.4 Å². The van der Waals surface area contributed by atoms with Gasteiger partial charge in [-0.3, -0.25) is 4.72 Å². The zero-order chi connectivity index (χ0) is 17.4. The summed E-state index contributed by atoms with van der Waals surface area (Å²) >= 11 is 0. The second-order valence-electron chi connectivity index (χ2n) is 5.74. The molecule has 0 saturated carbocycles. The number of guanidine groups is 1. The highest BCUT2D eigenvalue weighted by Crippen LogP contribution is 2.17. The molecule has 1 fully saturated rings. The minimum atomic E-state index is -3.32. The van der Waals surface area contributed by atoms with Crippen LogP contribution in [0.2, 0.25) is 0 Å². The van der Waals surface area contributed by atoms with E-state index in [0.29, 0.717) is 18.2 Å². The van der Waals surface area contributed by atoms with Gasteiger partial charge in [0.25, 0.3) is 0 Å². The van der Waals surface area contributed by atoms with Crippen molar-refractivity contribution < 1.29 is 13.2 Å². The summed E-state index contributed by atoms with van der Waals surface area (Å²) in [5, 5.41) is 6.47. The van der Waals surface area contributed by atoms with E-state index in [4.69, 9.17) is 4.74 Å². The lowest BCUT2D eigenvalue weighted by molar-refractivity contribution is 0.114. The number of hydrogen-bond acceptors (Lipinski definition) is 4. The lowest BCUT2D eigenvalue weighted by Crippen LogP contribution is -2.41. The van der Waals surface area contributed by atoms with Gasteiger partial charge in [-0.05, 0) is 31.4 Å². The molecule has 142 valence electrons. The molecule has 0 aliphatic carbocycles. The fourth-order valence-corrected chi connectivity index (χ4v) is 3.08. The molecule has 1 heterocycles. The first kappa shape index (κ1) is 22.0. The van der Waals surface area contributed by atoms with Gasteiger partial charge in [-0.2, -0.15) is 0 Å². The summed E-state index contributed by atoms with van der Waals surface area (Å²) in [5.74, 6) is 0.696. The molecule has 7 nitrogen and oxygen atoms in total. The van der Waals surface area contributed by atoms with Crippen LogP contribution >= 0.6 is 24.0 Å². The van der Waals surface area contributed by atoms with E-state index in [0.717, 1.165) is 44.4 Å². The van der Waals surface area contributed by atoms with Gasteiger partial charge in [0.2, 0.25) is 10.0 Å². The smallest absolute Gasteiger partial charge is 0.229 e. The van der Waals surface area contributed by atoms with E-state index >= 15 is 0 Å². The molecule has 0 spiro atoms. The van der Waals surface area contributed by atoms with Crippen molar-refractivity contribution in [2.75, 3.05) is 30.7 Å². The highest BCUT2D eigenvalue weighted by atomic mass is 127. The molecule has 1 aromatic rings. The van der Waals surface area contributed by atoms with Gasteiger partial charge in [-0.1, -0.05) is 18.2 Å². The first-order valence-electron chi connectivity index (χ1n) is 8.17. The summed E-state index contributed by atoms with van der Waals surface area (Å²) in [7, 11) is -3.32. The molecule has 1 atom stereocenters.